The van der Waals surface area contributed by atoms with E-state index in [-0.39, 0.29) is 6.71 Å². The molecule has 0 aliphatic carbocycles. The van der Waals surface area contributed by atoms with Crippen LogP contribution < -0.4 is 26.0 Å². The normalized spacial score (nSPS) is 12.7. The van der Waals surface area contributed by atoms with Crippen molar-refractivity contribution in [1.29, 1.82) is 0 Å². The SMILES string of the molecule is c1cncc(-c2ccc(N3c4ccccc4Oc4ccccc43)cc2B2c3ccccc3-c3nc4ccccc4cc32)c1. The molecule has 0 saturated carbocycles. The van der Waals surface area contributed by atoms with Gasteiger partial charge in [-0.05, 0) is 76.1 Å². The number of pyridine rings is 2. The zero-order chi connectivity index (χ0) is 28.3. The molecule has 0 fully saturated rings. The van der Waals surface area contributed by atoms with Crippen LogP contribution in [-0.4, -0.2) is 16.7 Å². The molecule has 0 amide bonds. The molecular formula is C38H24BN3O. The van der Waals surface area contributed by atoms with E-state index in [1.54, 1.807) is 0 Å². The zero-order valence-corrected chi connectivity index (χ0v) is 23.2. The minimum absolute atomic E-state index is 0.00462. The third kappa shape index (κ3) is 3.72. The van der Waals surface area contributed by atoms with Crippen LogP contribution in [0.5, 0.6) is 11.5 Å². The molecule has 0 radical (unpaired) electrons. The van der Waals surface area contributed by atoms with Crippen molar-refractivity contribution in [3.63, 3.8) is 0 Å². The van der Waals surface area contributed by atoms with E-state index in [0.717, 1.165) is 56.3 Å². The Balaban J connectivity index is 1.33. The van der Waals surface area contributed by atoms with E-state index in [1.807, 2.05) is 42.7 Å². The molecule has 0 unspecified atom stereocenters. The van der Waals surface area contributed by atoms with Gasteiger partial charge in [0.25, 0.3) is 0 Å². The lowest BCUT2D eigenvalue weighted by Gasteiger charge is -2.33. The molecule has 4 heterocycles. The van der Waals surface area contributed by atoms with Crippen LogP contribution in [0.1, 0.15) is 0 Å². The molecule has 5 heteroatoms. The number of benzene rings is 5. The van der Waals surface area contributed by atoms with Crippen LogP contribution in [-0.2, 0) is 0 Å². The van der Waals surface area contributed by atoms with Gasteiger partial charge in [-0.1, -0.05) is 95.9 Å². The molecule has 2 aliphatic heterocycles. The van der Waals surface area contributed by atoms with E-state index < -0.39 is 0 Å². The molecular weight excluding hydrogens is 525 g/mol. The van der Waals surface area contributed by atoms with Crippen molar-refractivity contribution >= 4 is 51.1 Å². The predicted molar refractivity (Wildman–Crippen MR) is 176 cm³/mol. The summed E-state index contributed by atoms with van der Waals surface area (Å²) in [5.41, 5.74) is 12.3. The summed E-state index contributed by atoms with van der Waals surface area (Å²) in [5.74, 6) is 1.68. The van der Waals surface area contributed by atoms with Crippen molar-refractivity contribution in [2.75, 3.05) is 4.90 Å². The monoisotopic (exact) mass is 549 g/mol. The third-order valence-electron chi connectivity index (χ3n) is 8.60. The second-order valence-electron chi connectivity index (χ2n) is 11.0. The average Bonchev–Trinajstić information content (AvgIpc) is 3.39. The van der Waals surface area contributed by atoms with Crippen LogP contribution in [0.3, 0.4) is 0 Å². The lowest BCUT2D eigenvalue weighted by atomic mass is 9.38. The Morgan fingerprint density at radius 3 is 2.14 bits per heavy atom. The molecule has 2 aliphatic rings. The van der Waals surface area contributed by atoms with Gasteiger partial charge in [0, 0.05) is 18.1 Å². The maximum Gasteiger partial charge on any atom is 0.245 e. The average molecular weight is 549 g/mol. The van der Waals surface area contributed by atoms with Crippen molar-refractivity contribution in [3.05, 3.63) is 146 Å². The highest BCUT2D eigenvalue weighted by Gasteiger charge is 2.37. The number of ether oxygens (including phenoxy) is 1. The van der Waals surface area contributed by atoms with Crippen molar-refractivity contribution < 1.29 is 4.74 Å². The van der Waals surface area contributed by atoms with Crippen molar-refractivity contribution in [2.24, 2.45) is 0 Å². The molecule has 5 aromatic carbocycles. The first-order chi connectivity index (χ1) is 21.3. The molecule has 43 heavy (non-hydrogen) atoms. The van der Waals surface area contributed by atoms with Crippen molar-refractivity contribution in [1.82, 2.24) is 9.97 Å². The summed E-state index contributed by atoms with van der Waals surface area (Å²) in [6, 6.07) is 46.9. The molecule has 0 N–H and O–H groups in total. The molecule has 0 bridgehead atoms. The first-order valence-corrected chi connectivity index (χ1v) is 14.5. The first kappa shape index (κ1) is 24.0. The smallest absolute Gasteiger partial charge is 0.245 e. The van der Waals surface area contributed by atoms with E-state index in [1.165, 1.54) is 22.0 Å². The highest BCUT2D eigenvalue weighted by molar-refractivity contribution is 6.99. The van der Waals surface area contributed by atoms with E-state index in [2.05, 4.69) is 113 Å². The number of rotatable bonds is 3. The summed E-state index contributed by atoms with van der Waals surface area (Å²) in [7, 11) is 0. The van der Waals surface area contributed by atoms with Gasteiger partial charge in [-0.15, -0.1) is 0 Å². The maximum absolute atomic E-state index is 6.33. The minimum Gasteiger partial charge on any atom is -0.453 e. The lowest BCUT2D eigenvalue weighted by Crippen LogP contribution is -2.50. The topological polar surface area (TPSA) is 38.2 Å². The van der Waals surface area contributed by atoms with Crippen LogP contribution in [0.4, 0.5) is 17.1 Å². The Hall–Kier alpha value is -5.68. The standard InChI is InChI=1S/C38H24BN3O/c1-4-14-33-25(10-1)22-32-38(41-33)29-12-2-3-13-30(29)39(32)31-23-27(19-20-28(31)26-11-9-21-40-24-26)42-34-15-5-7-17-36(34)43-37-18-8-6-16-35(37)42/h1-24H. The Morgan fingerprint density at radius 2 is 1.33 bits per heavy atom. The number of anilines is 3. The van der Waals surface area contributed by atoms with Crippen LogP contribution >= 0.6 is 0 Å². The summed E-state index contributed by atoms with van der Waals surface area (Å²) < 4.78 is 6.33. The van der Waals surface area contributed by atoms with Crippen LogP contribution in [0, 0.1) is 0 Å². The molecule has 200 valence electrons. The Morgan fingerprint density at radius 1 is 0.581 bits per heavy atom. The Labute approximate surface area is 250 Å². The maximum atomic E-state index is 6.33. The van der Waals surface area contributed by atoms with Crippen LogP contribution in [0.2, 0.25) is 0 Å². The summed E-state index contributed by atoms with van der Waals surface area (Å²) in [6.45, 7) is 0.00462. The van der Waals surface area contributed by atoms with Gasteiger partial charge in [-0.3, -0.25) is 4.98 Å². The second kappa shape index (κ2) is 9.43. The van der Waals surface area contributed by atoms with Gasteiger partial charge in [0.1, 0.15) is 0 Å². The molecule has 0 atom stereocenters. The molecule has 7 aromatic rings. The largest absolute Gasteiger partial charge is 0.453 e. The van der Waals surface area contributed by atoms with Gasteiger partial charge < -0.3 is 9.64 Å². The number of fused-ring (bicyclic) bond motifs is 6. The highest BCUT2D eigenvalue weighted by atomic mass is 16.5. The van der Waals surface area contributed by atoms with Gasteiger partial charge in [-0.2, -0.15) is 0 Å². The van der Waals surface area contributed by atoms with Gasteiger partial charge in [0.05, 0.1) is 22.6 Å². The van der Waals surface area contributed by atoms with E-state index in [9.17, 15) is 0 Å². The van der Waals surface area contributed by atoms with Crippen LogP contribution in [0.15, 0.2) is 146 Å². The number of hydrogen-bond donors (Lipinski definition) is 0. The molecule has 2 aromatic heterocycles. The summed E-state index contributed by atoms with van der Waals surface area (Å²) in [5, 5.41) is 1.15. The predicted octanol–water partition coefficient (Wildman–Crippen LogP) is 7.37. The highest BCUT2D eigenvalue weighted by Crippen LogP contribution is 2.50. The van der Waals surface area contributed by atoms with Gasteiger partial charge in [0.15, 0.2) is 11.5 Å². The fraction of sp³-hybridized carbons (Fsp3) is 0. The number of aromatic nitrogens is 2. The summed E-state index contributed by atoms with van der Waals surface area (Å²) in [4.78, 5) is 12.0. The van der Waals surface area contributed by atoms with Crippen molar-refractivity contribution in [3.8, 4) is 33.9 Å². The Bertz CT molecular complexity index is 2150. The number of hydrogen-bond acceptors (Lipinski definition) is 4. The third-order valence-corrected chi connectivity index (χ3v) is 8.60. The molecule has 4 nitrogen and oxygen atoms in total. The van der Waals surface area contributed by atoms with Gasteiger partial charge in [0.2, 0.25) is 6.71 Å². The molecule has 0 saturated heterocycles. The van der Waals surface area contributed by atoms with Crippen molar-refractivity contribution in [2.45, 2.75) is 0 Å². The molecule has 9 rings (SSSR count). The summed E-state index contributed by atoms with van der Waals surface area (Å²) in [6.07, 6.45) is 3.79. The molecule has 0 spiro atoms. The Kier molecular flexibility index (Phi) is 5.26. The van der Waals surface area contributed by atoms with Crippen LogP contribution in [0.25, 0.3) is 33.3 Å². The van der Waals surface area contributed by atoms with Gasteiger partial charge in [-0.25, -0.2) is 4.98 Å². The number of nitrogens with zero attached hydrogens (tertiary/aromatic N) is 3. The summed E-state index contributed by atoms with van der Waals surface area (Å²) >= 11 is 0. The minimum atomic E-state index is 0.00462. The quantitative estimate of drug-likeness (QED) is 0.216. The van der Waals surface area contributed by atoms with E-state index >= 15 is 0 Å². The zero-order valence-electron chi connectivity index (χ0n) is 23.2. The fourth-order valence-corrected chi connectivity index (χ4v) is 6.73. The lowest BCUT2D eigenvalue weighted by molar-refractivity contribution is 0.477. The van der Waals surface area contributed by atoms with Gasteiger partial charge >= 0.3 is 0 Å². The fourth-order valence-electron chi connectivity index (χ4n) is 6.73. The van der Waals surface area contributed by atoms with E-state index in [4.69, 9.17) is 9.72 Å². The first-order valence-electron chi connectivity index (χ1n) is 14.5. The van der Waals surface area contributed by atoms with E-state index in [0.29, 0.717) is 0 Å². The number of para-hydroxylation sites is 5. The second-order valence-corrected chi connectivity index (χ2v) is 11.0.